The van der Waals surface area contributed by atoms with Crippen LogP contribution in [0.25, 0.3) is 0 Å². The molecule has 3 aliphatic heterocycles. The van der Waals surface area contributed by atoms with Gasteiger partial charge in [0.2, 0.25) is 0 Å². The first-order valence-corrected chi connectivity index (χ1v) is 4.33. The second kappa shape index (κ2) is 2.10. The molecule has 2 saturated heterocycles. The molecule has 0 aromatic rings. The highest BCUT2D eigenvalue weighted by Gasteiger charge is 2.49. The van der Waals surface area contributed by atoms with E-state index in [4.69, 9.17) is 9.47 Å². The Morgan fingerprint density at radius 1 is 1.25 bits per heavy atom. The third-order valence-electron chi connectivity index (χ3n) is 3.09. The Morgan fingerprint density at radius 2 is 2.08 bits per heavy atom. The minimum atomic E-state index is -0.0609. The van der Waals surface area contributed by atoms with Gasteiger partial charge >= 0.3 is 5.97 Å². The Balaban J connectivity index is 2.02. The maximum Gasteiger partial charge on any atom is 0.313 e. The fraction of sp³-hybridized carbons (Fsp3) is 0.667. The number of carbonyl (C=O) groups excluding carboxylic acids is 1. The summed E-state index contributed by atoms with van der Waals surface area (Å²) in [6.07, 6.45) is 3.98. The van der Waals surface area contributed by atoms with Gasteiger partial charge in [-0.15, -0.1) is 0 Å². The summed E-state index contributed by atoms with van der Waals surface area (Å²) in [6.45, 7) is 1.48. The van der Waals surface area contributed by atoms with E-state index in [9.17, 15) is 4.79 Å². The molecule has 3 heterocycles. The Bertz CT molecular complexity index is 258. The lowest BCUT2D eigenvalue weighted by atomic mass is 9.74. The average Bonchev–Trinajstić information content (AvgIpc) is 2.53. The summed E-state index contributed by atoms with van der Waals surface area (Å²) in [6, 6.07) is 0. The maximum absolute atomic E-state index is 11.3. The van der Waals surface area contributed by atoms with Gasteiger partial charge in [-0.3, -0.25) is 4.79 Å². The fourth-order valence-corrected chi connectivity index (χ4v) is 2.40. The van der Waals surface area contributed by atoms with Crippen LogP contribution in [0, 0.1) is 17.8 Å². The van der Waals surface area contributed by atoms with E-state index in [2.05, 4.69) is 0 Å². The standard InChI is InChI=1S/C9H10O3/c10-9-5-1-2-8(12-9)7-4-11-3-6(5)7/h1-2,5-8H,3-4H2/t5-,6+,7+,8+/m0/s1. The topological polar surface area (TPSA) is 35.5 Å². The minimum absolute atomic E-state index is 0.00463. The first kappa shape index (κ1) is 6.66. The molecule has 4 rings (SSSR count). The van der Waals surface area contributed by atoms with Crippen LogP contribution >= 0.6 is 0 Å². The van der Waals surface area contributed by atoms with Gasteiger partial charge in [0.1, 0.15) is 6.10 Å². The zero-order valence-corrected chi connectivity index (χ0v) is 6.60. The third-order valence-corrected chi connectivity index (χ3v) is 3.09. The molecule has 3 nitrogen and oxygen atoms in total. The highest BCUT2D eigenvalue weighted by atomic mass is 16.6. The second-order valence-electron chi connectivity index (χ2n) is 3.68. The van der Waals surface area contributed by atoms with E-state index in [0.717, 1.165) is 13.2 Å². The van der Waals surface area contributed by atoms with Crippen molar-refractivity contribution in [2.75, 3.05) is 13.2 Å². The van der Waals surface area contributed by atoms with Crippen LogP contribution < -0.4 is 0 Å². The Hall–Kier alpha value is -0.830. The summed E-state index contributed by atoms with van der Waals surface area (Å²) in [7, 11) is 0. The van der Waals surface area contributed by atoms with Gasteiger partial charge in [0, 0.05) is 11.8 Å². The molecule has 0 aromatic heterocycles. The normalized spacial score (nSPS) is 49.2. The molecule has 0 unspecified atom stereocenters. The van der Waals surface area contributed by atoms with Crippen molar-refractivity contribution < 1.29 is 14.3 Å². The second-order valence-corrected chi connectivity index (χ2v) is 3.68. The predicted molar refractivity (Wildman–Crippen MR) is 40.3 cm³/mol. The van der Waals surface area contributed by atoms with E-state index in [-0.39, 0.29) is 18.0 Å². The molecule has 0 spiro atoms. The SMILES string of the molecule is O=C1O[C@@H]2C=C[C@H]1[C@H]1COC[C@H]12. The van der Waals surface area contributed by atoms with E-state index in [1.54, 1.807) is 0 Å². The molecule has 0 saturated carbocycles. The van der Waals surface area contributed by atoms with E-state index >= 15 is 0 Å². The Morgan fingerprint density at radius 3 is 2.92 bits per heavy atom. The number of hydrogen-bond donors (Lipinski definition) is 0. The molecule has 0 aromatic carbocycles. The van der Waals surface area contributed by atoms with Crippen LogP contribution in [0.3, 0.4) is 0 Å². The van der Waals surface area contributed by atoms with E-state index in [1.165, 1.54) is 0 Å². The van der Waals surface area contributed by atoms with Crippen LogP contribution in [0.2, 0.25) is 0 Å². The highest BCUT2D eigenvalue weighted by molar-refractivity contribution is 5.77. The predicted octanol–water partition coefficient (Wildman–Crippen LogP) is 0.360. The van der Waals surface area contributed by atoms with Crippen molar-refractivity contribution in [1.82, 2.24) is 0 Å². The lowest BCUT2D eigenvalue weighted by Crippen LogP contribution is -2.46. The number of ether oxygens (including phenoxy) is 2. The lowest BCUT2D eigenvalue weighted by Gasteiger charge is -2.38. The number of fused-ring (bicyclic) bond motifs is 1. The van der Waals surface area contributed by atoms with E-state index < -0.39 is 0 Å². The molecule has 2 bridgehead atoms. The van der Waals surface area contributed by atoms with E-state index in [1.807, 2.05) is 12.2 Å². The zero-order chi connectivity index (χ0) is 8.13. The largest absolute Gasteiger partial charge is 0.457 e. The molecule has 2 fully saturated rings. The van der Waals surface area contributed by atoms with Crippen molar-refractivity contribution >= 4 is 5.97 Å². The first-order chi connectivity index (χ1) is 5.86. The van der Waals surface area contributed by atoms with Crippen LogP contribution in [0.5, 0.6) is 0 Å². The summed E-state index contributed by atoms with van der Waals surface area (Å²) in [5.41, 5.74) is 0. The highest BCUT2D eigenvalue weighted by Crippen LogP contribution is 2.41. The van der Waals surface area contributed by atoms with Gasteiger partial charge in [0.25, 0.3) is 0 Å². The molecule has 1 aliphatic carbocycles. The van der Waals surface area contributed by atoms with Crippen LogP contribution in [-0.2, 0) is 14.3 Å². The Kier molecular flexibility index (Phi) is 1.17. The lowest BCUT2D eigenvalue weighted by molar-refractivity contribution is -0.164. The monoisotopic (exact) mass is 166 g/mol. The number of esters is 1. The van der Waals surface area contributed by atoms with Crippen molar-refractivity contribution in [2.24, 2.45) is 17.8 Å². The summed E-state index contributed by atoms with van der Waals surface area (Å²) < 4.78 is 10.5. The number of hydrogen-bond acceptors (Lipinski definition) is 3. The smallest absolute Gasteiger partial charge is 0.313 e. The van der Waals surface area contributed by atoms with Gasteiger partial charge in [0.05, 0.1) is 19.1 Å². The van der Waals surface area contributed by atoms with Crippen molar-refractivity contribution in [2.45, 2.75) is 6.10 Å². The van der Waals surface area contributed by atoms with Gasteiger partial charge in [-0.2, -0.15) is 0 Å². The van der Waals surface area contributed by atoms with Gasteiger partial charge in [-0.25, -0.2) is 0 Å². The maximum atomic E-state index is 11.3. The van der Waals surface area contributed by atoms with Gasteiger partial charge in [-0.05, 0) is 6.08 Å². The number of rotatable bonds is 0. The molecule has 4 aliphatic rings. The van der Waals surface area contributed by atoms with Gasteiger partial charge < -0.3 is 9.47 Å². The summed E-state index contributed by atoms with van der Waals surface area (Å²) in [4.78, 5) is 11.3. The first-order valence-electron chi connectivity index (χ1n) is 4.33. The summed E-state index contributed by atoms with van der Waals surface area (Å²) in [5.74, 6) is 0.732. The molecule has 0 radical (unpaired) electrons. The van der Waals surface area contributed by atoms with Crippen molar-refractivity contribution in [3.05, 3.63) is 12.2 Å². The van der Waals surface area contributed by atoms with Gasteiger partial charge in [0.15, 0.2) is 0 Å². The van der Waals surface area contributed by atoms with Crippen LogP contribution in [0.4, 0.5) is 0 Å². The molecule has 0 N–H and O–H groups in total. The van der Waals surface area contributed by atoms with Crippen LogP contribution in [0.1, 0.15) is 0 Å². The molecule has 4 atom stereocenters. The number of carbonyl (C=O) groups is 1. The van der Waals surface area contributed by atoms with Crippen LogP contribution in [0.15, 0.2) is 12.2 Å². The summed E-state index contributed by atoms with van der Waals surface area (Å²) >= 11 is 0. The zero-order valence-electron chi connectivity index (χ0n) is 6.60. The minimum Gasteiger partial charge on any atom is -0.457 e. The molecular weight excluding hydrogens is 156 g/mol. The van der Waals surface area contributed by atoms with Gasteiger partial charge in [-0.1, -0.05) is 6.08 Å². The van der Waals surface area contributed by atoms with E-state index in [0.29, 0.717) is 11.8 Å². The van der Waals surface area contributed by atoms with Crippen molar-refractivity contribution in [1.29, 1.82) is 0 Å². The molecule has 64 valence electrons. The molecule has 3 heteroatoms. The van der Waals surface area contributed by atoms with Crippen molar-refractivity contribution in [3.8, 4) is 0 Å². The third kappa shape index (κ3) is 0.672. The fourth-order valence-electron chi connectivity index (χ4n) is 2.40. The Labute approximate surface area is 70.3 Å². The molecular formula is C9H10O3. The molecule has 12 heavy (non-hydrogen) atoms. The summed E-state index contributed by atoms with van der Waals surface area (Å²) in [5, 5.41) is 0. The molecule has 0 amide bonds. The average molecular weight is 166 g/mol. The quantitative estimate of drug-likeness (QED) is 0.385. The van der Waals surface area contributed by atoms with Crippen molar-refractivity contribution in [3.63, 3.8) is 0 Å². The van der Waals surface area contributed by atoms with Crippen LogP contribution in [-0.4, -0.2) is 25.3 Å².